The number of carboxylic acids is 1. The second-order valence-corrected chi connectivity index (χ2v) is 5.66. The third-order valence-corrected chi connectivity index (χ3v) is 4.10. The van der Waals surface area contributed by atoms with Crippen LogP contribution in [-0.2, 0) is 4.79 Å². The summed E-state index contributed by atoms with van der Waals surface area (Å²) in [7, 11) is 0. The molecule has 0 aromatic heterocycles. The van der Waals surface area contributed by atoms with Crippen molar-refractivity contribution in [1.29, 1.82) is 0 Å². The minimum absolute atomic E-state index is 0.582. The van der Waals surface area contributed by atoms with Crippen LogP contribution in [0.4, 0.5) is 0 Å². The molecule has 0 bridgehead atoms. The quantitative estimate of drug-likeness (QED) is 0.739. The van der Waals surface area contributed by atoms with E-state index in [1.165, 1.54) is 0 Å². The maximum absolute atomic E-state index is 11.7. The first-order valence-corrected chi connectivity index (χ1v) is 7.78. The lowest BCUT2D eigenvalue weighted by Gasteiger charge is -2.20. The number of hydrogen-bond donors (Lipinski definition) is 2. The van der Waals surface area contributed by atoms with Crippen molar-refractivity contribution in [3.8, 4) is 11.1 Å². The maximum atomic E-state index is 11.7. The zero-order valence-electron chi connectivity index (χ0n) is 13.0. The van der Waals surface area contributed by atoms with Gasteiger partial charge >= 0.3 is 5.97 Å². The molecule has 24 heavy (non-hydrogen) atoms. The van der Waals surface area contributed by atoms with Crippen molar-refractivity contribution in [2.24, 2.45) is 0 Å². The van der Waals surface area contributed by atoms with Crippen LogP contribution in [0.1, 0.15) is 23.1 Å². The van der Waals surface area contributed by atoms with Gasteiger partial charge in [-0.3, -0.25) is 4.79 Å². The van der Waals surface area contributed by atoms with E-state index in [9.17, 15) is 15.0 Å². The van der Waals surface area contributed by atoms with Gasteiger partial charge in [-0.15, -0.1) is 0 Å². The largest absolute Gasteiger partial charge is 0.481 e. The Morgan fingerprint density at radius 1 is 0.667 bits per heavy atom. The van der Waals surface area contributed by atoms with Gasteiger partial charge in [-0.05, 0) is 22.3 Å². The SMILES string of the molecule is O=C(O)C(c1ccc(-c2ccccc2)cc1)C(O)c1ccccc1. The maximum Gasteiger partial charge on any atom is 0.314 e. The van der Waals surface area contributed by atoms with Gasteiger partial charge in [0.1, 0.15) is 5.92 Å². The minimum atomic E-state index is -1.09. The van der Waals surface area contributed by atoms with Crippen LogP contribution in [0.2, 0.25) is 0 Å². The fraction of sp³-hybridized carbons (Fsp3) is 0.0952. The highest BCUT2D eigenvalue weighted by atomic mass is 16.4. The Morgan fingerprint density at radius 3 is 1.71 bits per heavy atom. The molecule has 120 valence electrons. The van der Waals surface area contributed by atoms with Crippen molar-refractivity contribution in [3.63, 3.8) is 0 Å². The zero-order valence-corrected chi connectivity index (χ0v) is 13.0. The van der Waals surface area contributed by atoms with Gasteiger partial charge in [0, 0.05) is 0 Å². The molecule has 2 unspecified atom stereocenters. The summed E-state index contributed by atoms with van der Waals surface area (Å²) in [5.41, 5.74) is 3.26. The highest BCUT2D eigenvalue weighted by Crippen LogP contribution is 2.32. The van der Waals surface area contributed by atoms with E-state index in [1.54, 1.807) is 36.4 Å². The number of aliphatic carboxylic acids is 1. The van der Waals surface area contributed by atoms with Gasteiger partial charge in [0.2, 0.25) is 0 Å². The smallest absolute Gasteiger partial charge is 0.314 e. The number of hydrogen-bond acceptors (Lipinski definition) is 2. The summed E-state index contributed by atoms with van der Waals surface area (Å²) in [4.78, 5) is 11.7. The molecule has 2 atom stereocenters. The monoisotopic (exact) mass is 318 g/mol. The summed E-state index contributed by atoms with van der Waals surface area (Å²) < 4.78 is 0. The molecule has 0 aliphatic heterocycles. The third-order valence-electron chi connectivity index (χ3n) is 4.10. The number of aliphatic hydroxyl groups is 1. The zero-order chi connectivity index (χ0) is 16.9. The Morgan fingerprint density at radius 2 is 1.17 bits per heavy atom. The van der Waals surface area contributed by atoms with Crippen LogP contribution in [0, 0.1) is 0 Å². The Bertz CT molecular complexity index is 796. The predicted octanol–water partition coefficient (Wildman–Crippen LogP) is 4.26. The molecule has 3 nitrogen and oxygen atoms in total. The average molecular weight is 318 g/mol. The lowest BCUT2D eigenvalue weighted by atomic mass is 9.88. The van der Waals surface area contributed by atoms with Gasteiger partial charge < -0.3 is 10.2 Å². The summed E-state index contributed by atoms with van der Waals surface area (Å²) in [6, 6.07) is 26.1. The normalized spacial score (nSPS) is 13.2. The molecule has 0 saturated heterocycles. The molecule has 0 aliphatic rings. The molecule has 3 rings (SSSR count). The molecule has 0 saturated carbocycles. The van der Waals surface area contributed by atoms with E-state index in [0.29, 0.717) is 11.1 Å². The molecule has 3 heteroatoms. The van der Waals surface area contributed by atoms with E-state index in [4.69, 9.17) is 0 Å². The van der Waals surface area contributed by atoms with Crippen LogP contribution < -0.4 is 0 Å². The summed E-state index contributed by atoms with van der Waals surface area (Å²) in [5.74, 6) is -2.05. The van der Waals surface area contributed by atoms with Crippen LogP contribution in [0.15, 0.2) is 84.9 Å². The van der Waals surface area contributed by atoms with E-state index in [2.05, 4.69) is 0 Å². The Balaban J connectivity index is 1.91. The van der Waals surface area contributed by atoms with Crippen molar-refractivity contribution in [2.45, 2.75) is 12.0 Å². The summed E-state index contributed by atoms with van der Waals surface area (Å²) in [6.07, 6.45) is -1.09. The standard InChI is InChI=1S/C21H18O3/c22-20(18-9-5-2-6-10-18)19(21(23)24)17-13-11-16(12-14-17)15-7-3-1-4-8-15/h1-14,19-20,22H,(H,23,24). The molecule has 0 aliphatic carbocycles. The van der Waals surface area contributed by atoms with Crippen molar-refractivity contribution in [2.75, 3.05) is 0 Å². The van der Waals surface area contributed by atoms with Gasteiger partial charge in [0.25, 0.3) is 0 Å². The second-order valence-electron chi connectivity index (χ2n) is 5.66. The highest BCUT2D eigenvalue weighted by molar-refractivity contribution is 5.78. The first kappa shape index (κ1) is 16.0. The minimum Gasteiger partial charge on any atom is -0.481 e. The second kappa shape index (κ2) is 7.11. The third kappa shape index (κ3) is 3.36. The van der Waals surface area contributed by atoms with Crippen molar-refractivity contribution >= 4 is 5.97 Å². The van der Waals surface area contributed by atoms with E-state index < -0.39 is 18.0 Å². The number of carboxylic acid groups (broad SMARTS) is 1. The molecular formula is C21H18O3. The van der Waals surface area contributed by atoms with Gasteiger partial charge in [0.05, 0.1) is 6.10 Å². The lowest BCUT2D eigenvalue weighted by Crippen LogP contribution is -2.20. The summed E-state index contributed by atoms with van der Waals surface area (Å²) in [5, 5.41) is 20.1. The number of benzene rings is 3. The Kier molecular flexibility index (Phi) is 4.73. The molecule has 0 radical (unpaired) electrons. The van der Waals surface area contributed by atoms with Crippen LogP contribution in [0.25, 0.3) is 11.1 Å². The van der Waals surface area contributed by atoms with Crippen molar-refractivity contribution in [1.82, 2.24) is 0 Å². The van der Waals surface area contributed by atoms with E-state index in [-0.39, 0.29) is 0 Å². The van der Waals surface area contributed by atoms with E-state index >= 15 is 0 Å². The fourth-order valence-corrected chi connectivity index (χ4v) is 2.82. The highest BCUT2D eigenvalue weighted by Gasteiger charge is 2.29. The van der Waals surface area contributed by atoms with Gasteiger partial charge in [-0.25, -0.2) is 0 Å². The molecule has 3 aromatic carbocycles. The van der Waals surface area contributed by atoms with Gasteiger partial charge in [-0.1, -0.05) is 84.9 Å². The Hall–Kier alpha value is -2.91. The molecule has 2 N–H and O–H groups in total. The Labute approximate surface area is 140 Å². The number of carbonyl (C=O) groups is 1. The van der Waals surface area contributed by atoms with Crippen LogP contribution in [0.5, 0.6) is 0 Å². The van der Waals surface area contributed by atoms with Crippen molar-refractivity contribution in [3.05, 3.63) is 96.1 Å². The first-order valence-electron chi connectivity index (χ1n) is 7.78. The van der Waals surface area contributed by atoms with Crippen LogP contribution in [0.3, 0.4) is 0 Å². The van der Waals surface area contributed by atoms with Crippen LogP contribution in [-0.4, -0.2) is 16.2 Å². The molecule has 0 heterocycles. The number of rotatable bonds is 5. The lowest BCUT2D eigenvalue weighted by molar-refractivity contribution is -0.141. The van der Waals surface area contributed by atoms with Gasteiger partial charge in [0.15, 0.2) is 0 Å². The topological polar surface area (TPSA) is 57.5 Å². The summed E-state index contributed by atoms with van der Waals surface area (Å²) in [6.45, 7) is 0. The predicted molar refractivity (Wildman–Crippen MR) is 93.7 cm³/mol. The molecule has 3 aromatic rings. The average Bonchev–Trinajstić information content (AvgIpc) is 2.63. The molecule has 0 amide bonds. The fourth-order valence-electron chi connectivity index (χ4n) is 2.82. The number of aliphatic hydroxyl groups excluding tert-OH is 1. The van der Waals surface area contributed by atoms with Crippen molar-refractivity contribution < 1.29 is 15.0 Å². The van der Waals surface area contributed by atoms with Gasteiger partial charge in [-0.2, -0.15) is 0 Å². The molecular weight excluding hydrogens is 300 g/mol. The van der Waals surface area contributed by atoms with E-state index in [0.717, 1.165) is 11.1 Å². The first-order chi connectivity index (χ1) is 11.7. The summed E-state index contributed by atoms with van der Waals surface area (Å²) >= 11 is 0. The van der Waals surface area contributed by atoms with Crippen LogP contribution >= 0.6 is 0 Å². The molecule has 0 spiro atoms. The molecule has 0 fully saturated rings. The van der Waals surface area contributed by atoms with E-state index in [1.807, 2.05) is 48.5 Å².